The number of aryl methyl sites for hydroxylation is 3. The van der Waals surface area contributed by atoms with E-state index in [2.05, 4.69) is 28.8 Å². The fraction of sp³-hybridized carbons (Fsp3) is 0.207. The van der Waals surface area contributed by atoms with Gasteiger partial charge in [-0.3, -0.25) is 4.79 Å². The van der Waals surface area contributed by atoms with Gasteiger partial charge in [0.05, 0.1) is 5.57 Å². The summed E-state index contributed by atoms with van der Waals surface area (Å²) in [7, 11) is 0. The van der Waals surface area contributed by atoms with Crippen molar-refractivity contribution in [2.75, 3.05) is 10.6 Å². The number of hydrogen-bond donors (Lipinski definition) is 2. The number of halogens is 1. The van der Waals surface area contributed by atoms with Crippen LogP contribution in [-0.4, -0.2) is 20.7 Å². The first-order valence-electron chi connectivity index (χ1n) is 12.1. The second kappa shape index (κ2) is 10.4. The maximum absolute atomic E-state index is 13.7. The number of fused-ring (bicyclic) bond motifs is 1. The molecule has 1 aliphatic rings. The van der Waals surface area contributed by atoms with Crippen molar-refractivity contribution in [2.24, 2.45) is 0 Å². The molecular weight excluding hydrogens is 502 g/mol. The Hall–Kier alpha value is -3.55. The Morgan fingerprint density at radius 1 is 1.03 bits per heavy atom. The van der Waals surface area contributed by atoms with Gasteiger partial charge >= 0.3 is 0 Å². The predicted molar refractivity (Wildman–Crippen MR) is 151 cm³/mol. The minimum Gasteiger partial charge on any atom is -0.328 e. The first-order valence-corrected chi connectivity index (χ1v) is 13.4. The standard InChI is InChI=1S/C29H28ClN5OS/c1-17-8-11-22(12-9-17)26-25(27(36)32-24-13-10-18(2)14-19(24)3)20(4)31-28-33-29(34-35(26)28)37-16-21-6-5-7-23(30)15-21/h5-15,26H,16H2,1-4H3,(H,32,36)(H,31,33,34)/t26-/m0/s1. The molecule has 1 amide bonds. The van der Waals surface area contributed by atoms with Crippen LogP contribution in [0.3, 0.4) is 0 Å². The molecule has 0 bridgehead atoms. The minimum atomic E-state index is -0.421. The molecule has 2 heterocycles. The second-order valence-corrected chi connectivity index (χ2v) is 10.7. The monoisotopic (exact) mass is 529 g/mol. The van der Waals surface area contributed by atoms with E-state index in [0.717, 1.165) is 39.2 Å². The number of benzene rings is 3. The molecule has 0 spiro atoms. The number of nitrogens with zero attached hydrogens (tertiary/aromatic N) is 3. The van der Waals surface area contributed by atoms with Crippen molar-refractivity contribution < 1.29 is 4.79 Å². The lowest BCUT2D eigenvalue weighted by Crippen LogP contribution is -2.31. The lowest BCUT2D eigenvalue weighted by atomic mass is 9.94. The zero-order valence-corrected chi connectivity index (χ0v) is 22.7. The molecule has 5 rings (SSSR count). The number of allylic oxidation sites excluding steroid dienone is 1. The first kappa shape index (κ1) is 25.1. The molecule has 0 aliphatic carbocycles. The molecule has 188 valence electrons. The second-order valence-electron chi connectivity index (χ2n) is 9.33. The number of amides is 1. The van der Waals surface area contributed by atoms with Gasteiger partial charge in [0.15, 0.2) is 0 Å². The lowest BCUT2D eigenvalue weighted by Gasteiger charge is -2.29. The molecule has 0 fully saturated rings. The van der Waals surface area contributed by atoms with Crippen molar-refractivity contribution in [3.8, 4) is 0 Å². The molecule has 1 aliphatic heterocycles. The first-order chi connectivity index (χ1) is 17.8. The molecule has 1 aromatic heterocycles. The summed E-state index contributed by atoms with van der Waals surface area (Å²) in [6.07, 6.45) is 0. The van der Waals surface area contributed by atoms with Gasteiger partial charge in [-0.15, -0.1) is 5.10 Å². The van der Waals surface area contributed by atoms with Gasteiger partial charge in [-0.2, -0.15) is 4.98 Å². The Bertz CT molecular complexity index is 1510. The van der Waals surface area contributed by atoms with E-state index in [-0.39, 0.29) is 5.91 Å². The van der Waals surface area contributed by atoms with E-state index in [1.54, 1.807) is 0 Å². The van der Waals surface area contributed by atoms with Crippen LogP contribution in [0.2, 0.25) is 5.02 Å². The number of rotatable bonds is 6. The Morgan fingerprint density at radius 2 is 1.78 bits per heavy atom. The number of carbonyl (C=O) groups is 1. The van der Waals surface area contributed by atoms with Crippen molar-refractivity contribution in [3.05, 3.63) is 111 Å². The summed E-state index contributed by atoms with van der Waals surface area (Å²) in [4.78, 5) is 18.5. The van der Waals surface area contributed by atoms with Crippen LogP contribution in [0, 0.1) is 20.8 Å². The smallest absolute Gasteiger partial charge is 0.255 e. The molecule has 3 aromatic carbocycles. The van der Waals surface area contributed by atoms with Crippen LogP contribution in [0.25, 0.3) is 0 Å². The lowest BCUT2D eigenvalue weighted by molar-refractivity contribution is -0.113. The molecule has 0 saturated heterocycles. The van der Waals surface area contributed by atoms with Gasteiger partial charge < -0.3 is 10.6 Å². The van der Waals surface area contributed by atoms with Gasteiger partial charge in [-0.1, -0.05) is 83.0 Å². The number of nitrogens with one attached hydrogen (secondary N) is 2. The molecule has 37 heavy (non-hydrogen) atoms. The summed E-state index contributed by atoms with van der Waals surface area (Å²) in [6.45, 7) is 8.00. The van der Waals surface area contributed by atoms with Crippen molar-refractivity contribution >= 4 is 40.9 Å². The van der Waals surface area contributed by atoms with E-state index in [9.17, 15) is 4.79 Å². The molecule has 0 unspecified atom stereocenters. The van der Waals surface area contributed by atoms with Crippen LogP contribution in [-0.2, 0) is 10.5 Å². The summed E-state index contributed by atoms with van der Waals surface area (Å²) in [5, 5.41) is 12.6. The zero-order chi connectivity index (χ0) is 26.1. The molecule has 6 nitrogen and oxygen atoms in total. The highest BCUT2D eigenvalue weighted by molar-refractivity contribution is 7.98. The average molecular weight is 530 g/mol. The van der Waals surface area contributed by atoms with Crippen LogP contribution in [0.5, 0.6) is 0 Å². The maximum Gasteiger partial charge on any atom is 0.255 e. The van der Waals surface area contributed by atoms with Gasteiger partial charge in [-0.05, 0) is 62.6 Å². The number of anilines is 2. The molecule has 0 radical (unpaired) electrons. The summed E-state index contributed by atoms with van der Waals surface area (Å²) in [6, 6.07) is 21.6. The van der Waals surface area contributed by atoms with Crippen molar-refractivity contribution in [1.29, 1.82) is 0 Å². The fourth-order valence-electron chi connectivity index (χ4n) is 4.46. The van der Waals surface area contributed by atoms with Gasteiger partial charge in [0.2, 0.25) is 11.1 Å². The van der Waals surface area contributed by atoms with E-state index in [1.165, 1.54) is 11.8 Å². The predicted octanol–water partition coefficient (Wildman–Crippen LogP) is 7.08. The van der Waals surface area contributed by atoms with Gasteiger partial charge in [-0.25, -0.2) is 4.68 Å². The van der Waals surface area contributed by atoms with Crippen molar-refractivity contribution in [3.63, 3.8) is 0 Å². The highest BCUT2D eigenvalue weighted by atomic mass is 35.5. The number of hydrogen-bond acceptors (Lipinski definition) is 5. The van der Waals surface area contributed by atoms with Crippen molar-refractivity contribution in [1.82, 2.24) is 14.8 Å². The Labute approximate surface area is 226 Å². The number of aromatic nitrogens is 3. The van der Waals surface area contributed by atoms with Crippen LogP contribution >= 0.6 is 23.4 Å². The van der Waals surface area contributed by atoms with Gasteiger partial charge in [0.25, 0.3) is 5.91 Å². The normalized spacial score (nSPS) is 14.8. The minimum absolute atomic E-state index is 0.170. The van der Waals surface area contributed by atoms with E-state index >= 15 is 0 Å². The molecule has 2 N–H and O–H groups in total. The van der Waals surface area contributed by atoms with E-state index in [0.29, 0.717) is 27.5 Å². The zero-order valence-electron chi connectivity index (χ0n) is 21.2. The summed E-state index contributed by atoms with van der Waals surface area (Å²) in [5.74, 6) is 1.13. The molecule has 8 heteroatoms. The summed E-state index contributed by atoms with van der Waals surface area (Å²) < 4.78 is 1.81. The number of carbonyl (C=O) groups excluding carboxylic acids is 1. The average Bonchev–Trinajstić information content (AvgIpc) is 3.26. The molecule has 0 saturated carbocycles. The van der Waals surface area contributed by atoms with E-state index in [4.69, 9.17) is 21.7 Å². The fourth-order valence-corrected chi connectivity index (χ4v) is 5.45. The third-order valence-corrected chi connectivity index (χ3v) is 7.50. The van der Waals surface area contributed by atoms with Gasteiger partial charge in [0, 0.05) is 22.2 Å². The SMILES string of the molecule is CC1=C(C(=O)Nc2ccc(C)cc2C)[C@H](c2ccc(C)cc2)n2nc(SCc3cccc(Cl)c3)nc2N1. The third kappa shape index (κ3) is 5.43. The third-order valence-electron chi connectivity index (χ3n) is 6.36. The van der Waals surface area contributed by atoms with Crippen LogP contribution in [0.15, 0.2) is 83.2 Å². The highest BCUT2D eigenvalue weighted by Gasteiger charge is 2.34. The quantitative estimate of drug-likeness (QED) is 0.261. The molecular formula is C29H28ClN5OS. The number of thioether (sulfide) groups is 1. The maximum atomic E-state index is 13.7. The Morgan fingerprint density at radius 3 is 2.51 bits per heavy atom. The van der Waals surface area contributed by atoms with Crippen LogP contribution in [0.1, 0.15) is 40.8 Å². The topological polar surface area (TPSA) is 71.8 Å². The molecule has 4 aromatic rings. The Kier molecular flexibility index (Phi) is 7.09. The van der Waals surface area contributed by atoms with E-state index in [1.807, 2.05) is 80.9 Å². The summed E-state index contributed by atoms with van der Waals surface area (Å²) >= 11 is 7.68. The van der Waals surface area contributed by atoms with Gasteiger partial charge in [0.1, 0.15) is 6.04 Å². The summed E-state index contributed by atoms with van der Waals surface area (Å²) in [5.41, 5.74) is 7.52. The van der Waals surface area contributed by atoms with E-state index < -0.39 is 6.04 Å². The van der Waals surface area contributed by atoms with Crippen LogP contribution in [0.4, 0.5) is 11.6 Å². The highest BCUT2D eigenvalue weighted by Crippen LogP contribution is 2.37. The van der Waals surface area contributed by atoms with Crippen LogP contribution < -0.4 is 10.6 Å². The Balaban J connectivity index is 1.49. The molecule has 1 atom stereocenters. The van der Waals surface area contributed by atoms with Crippen molar-refractivity contribution in [2.45, 2.75) is 44.6 Å². The largest absolute Gasteiger partial charge is 0.328 e.